The van der Waals surface area contributed by atoms with Crippen molar-refractivity contribution in [2.24, 2.45) is 0 Å². The maximum absolute atomic E-state index is 6.09. The molecule has 1 aromatic carbocycles. The van der Waals surface area contributed by atoms with Crippen LogP contribution in [0.1, 0.15) is 25.8 Å². The molecule has 0 unspecified atom stereocenters. The number of likely N-dealkylation sites (N-methyl/N-ethyl adjacent to an activating group) is 1. The minimum absolute atomic E-state index is 0.653. The summed E-state index contributed by atoms with van der Waals surface area (Å²) in [6, 6.07) is 5.85. The highest BCUT2D eigenvalue weighted by atomic mass is 35.5. The summed E-state index contributed by atoms with van der Waals surface area (Å²) in [5, 5.41) is 3.98. The van der Waals surface area contributed by atoms with Gasteiger partial charge in [0.15, 0.2) is 0 Å². The fourth-order valence-electron chi connectivity index (χ4n) is 1.57. The van der Waals surface area contributed by atoms with Gasteiger partial charge >= 0.3 is 0 Å². The van der Waals surface area contributed by atoms with Gasteiger partial charge in [-0.3, -0.25) is 0 Å². The van der Waals surface area contributed by atoms with Gasteiger partial charge < -0.3 is 10.1 Å². The van der Waals surface area contributed by atoms with Crippen LogP contribution in [0.2, 0.25) is 5.02 Å². The van der Waals surface area contributed by atoms with E-state index >= 15 is 0 Å². The molecule has 0 aliphatic carbocycles. The zero-order chi connectivity index (χ0) is 12.7. The van der Waals surface area contributed by atoms with E-state index in [0.29, 0.717) is 10.8 Å². The van der Waals surface area contributed by atoms with Gasteiger partial charge in [0.1, 0.15) is 5.75 Å². The predicted molar refractivity (Wildman–Crippen MR) is 74.8 cm³/mol. The summed E-state index contributed by atoms with van der Waals surface area (Å²) in [7, 11) is 1.62. The Kier molecular flexibility index (Phi) is 6.09. The number of ether oxygens (including phenoxy) is 1. The van der Waals surface area contributed by atoms with Crippen LogP contribution in [0.3, 0.4) is 0 Å². The molecular formula is C14H20ClNO. The Balaban J connectivity index is 2.84. The summed E-state index contributed by atoms with van der Waals surface area (Å²) in [6.07, 6.45) is 3.21. The van der Waals surface area contributed by atoms with Crippen molar-refractivity contribution < 1.29 is 4.74 Å². The standard InChI is InChI=1S/C14H20ClNO/c1-4-11(10-16-5-2)8-12-6-7-14(17-3)13(15)9-12/h6-9,16H,4-5,10H2,1-3H3. The molecule has 0 atom stereocenters. The highest BCUT2D eigenvalue weighted by Crippen LogP contribution is 2.26. The number of hydrogen-bond donors (Lipinski definition) is 1. The molecule has 0 saturated heterocycles. The van der Waals surface area contributed by atoms with Gasteiger partial charge in [-0.05, 0) is 30.7 Å². The Morgan fingerprint density at radius 1 is 1.41 bits per heavy atom. The first-order valence-electron chi connectivity index (χ1n) is 5.95. The maximum atomic E-state index is 6.09. The van der Waals surface area contributed by atoms with E-state index < -0.39 is 0 Å². The summed E-state index contributed by atoms with van der Waals surface area (Å²) in [5.41, 5.74) is 2.48. The average molecular weight is 254 g/mol. The van der Waals surface area contributed by atoms with E-state index in [4.69, 9.17) is 16.3 Å². The first kappa shape index (κ1) is 14.1. The molecule has 1 rings (SSSR count). The zero-order valence-electron chi connectivity index (χ0n) is 10.7. The minimum atomic E-state index is 0.653. The monoisotopic (exact) mass is 253 g/mol. The van der Waals surface area contributed by atoms with Crippen LogP contribution < -0.4 is 10.1 Å². The van der Waals surface area contributed by atoms with Crippen LogP contribution in [-0.4, -0.2) is 20.2 Å². The summed E-state index contributed by atoms with van der Waals surface area (Å²) in [5.74, 6) is 0.716. The van der Waals surface area contributed by atoms with Crippen molar-refractivity contribution in [2.45, 2.75) is 20.3 Å². The van der Waals surface area contributed by atoms with Crippen LogP contribution in [0.5, 0.6) is 5.75 Å². The lowest BCUT2D eigenvalue weighted by molar-refractivity contribution is 0.415. The predicted octanol–water partition coefficient (Wildman–Crippen LogP) is 3.75. The molecule has 0 amide bonds. The molecule has 1 N–H and O–H groups in total. The number of hydrogen-bond acceptors (Lipinski definition) is 2. The smallest absolute Gasteiger partial charge is 0.137 e. The fraction of sp³-hybridized carbons (Fsp3) is 0.429. The highest BCUT2D eigenvalue weighted by molar-refractivity contribution is 6.32. The molecule has 0 saturated carbocycles. The Labute approximate surface area is 109 Å². The van der Waals surface area contributed by atoms with Crippen molar-refractivity contribution in [3.05, 3.63) is 34.4 Å². The fourth-order valence-corrected chi connectivity index (χ4v) is 1.84. The molecule has 0 spiro atoms. The lowest BCUT2D eigenvalue weighted by Crippen LogP contribution is -2.15. The molecule has 0 aliphatic heterocycles. The van der Waals surface area contributed by atoms with E-state index in [1.54, 1.807) is 7.11 Å². The lowest BCUT2D eigenvalue weighted by Gasteiger charge is -2.07. The minimum Gasteiger partial charge on any atom is -0.495 e. The number of rotatable bonds is 6. The SMILES string of the molecule is CCNCC(=Cc1ccc(OC)c(Cl)c1)CC. The topological polar surface area (TPSA) is 21.3 Å². The summed E-state index contributed by atoms with van der Waals surface area (Å²) >= 11 is 6.09. The van der Waals surface area contributed by atoms with E-state index in [9.17, 15) is 0 Å². The largest absolute Gasteiger partial charge is 0.495 e. The average Bonchev–Trinajstić information content (AvgIpc) is 2.34. The van der Waals surface area contributed by atoms with Crippen LogP contribution >= 0.6 is 11.6 Å². The van der Waals surface area contributed by atoms with E-state index in [1.165, 1.54) is 5.57 Å². The summed E-state index contributed by atoms with van der Waals surface area (Å²) < 4.78 is 5.13. The van der Waals surface area contributed by atoms with Crippen molar-refractivity contribution in [1.29, 1.82) is 0 Å². The molecule has 0 heterocycles. The second-order valence-electron chi connectivity index (χ2n) is 3.83. The van der Waals surface area contributed by atoms with Crippen molar-refractivity contribution in [2.75, 3.05) is 20.2 Å². The Morgan fingerprint density at radius 2 is 2.18 bits per heavy atom. The quantitative estimate of drug-likeness (QED) is 0.834. The molecule has 0 aromatic heterocycles. The highest BCUT2D eigenvalue weighted by Gasteiger charge is 2.01. The van der Waals surface area contributed by atoms with Gasteiger partial charge in [-0.1, -0.05) is 43.2 Å². The Morgan fingerprint density at radius 3 is 2.71 bits per heavy atom. The molecule has 0 aliphatic rings. The molecule has 1 aromatic rings. The third kappa shape index (κ3) is 4.41. The van der Waals surface area contributed by atoms with Crippen LogP contribution in [0.15, 0.2) is 23.8 Å². The van der Waals surface area contributed by atoms with Crippen LogP contribution in [-0.2, 0) is 0 Å². The number of methoxy groups -OCH3 is 1. The molecule has 94 valence electrons. The molecule has 17 heavy (non-hydrogen) atoms. The molecule has 0 radical (unpaired) electrons. The van der Waals surface area contributed by atoms with E-state index in [2.05, 4.69) is 25.2 Å². The lowest BCUT2D eigenvalue weighted by atomic mass is 10.1. The van der Waals surface area contributed by atoms with Crippen molar-refractivity contribution >= 4 is 17.7 Å². The third-order valence-electron chi connectivity index (χ3n) is 2.60. The second-order valence-corrected chi connectivity index (χ2v) is 4.24. The molecule has 3 heteroatoms. The Hall–Kier alpha value is -0.990. The van der Waals surface area contributed by atoms with Gasteiger partial charge in [-0.15, -0.1) is 0 Å². The van der Waals surface area contributed by atoms with Crippen molar-refractivity contribution in [1.82, 2.24) is 5.32 Å². The van der Waals surface area contributed by atoms with Crippen molar-refractivity contribution in [3.8, 4) is 5.75 Å². The maximum Gasteiger partial charge on any atom is 0.137 e. The summed E-state index contributed by atoms with van der Waals surface area (Å²) in [4.78, 5) is 0. The third-order valence-corrected chi connectivity index (χ3v) is 2.90. The van der Waals surface area contributed by atoms with Crippen LogP contribution in [0.4, 0.5) is 0 Å². The van der Waals surface area contributed by atoms with E-state index in [1.807, 2.05) is 18.2 Å². The van der Waals surface area contributed by atoms with Crippen LogP contribution in [0.25, 0.3) is 6.08 Å². The number of halogens is 1. The second kappa shape index (κ2) is 7.36. The zero-order valence-corrected chi connectivity index (χ0v) is 11.5. The normalized spacial score (nSPS) is 11.6. The van der Waals surface area contributed by atoms with Gasteiger partial charge in [0, 0.05) is 6.54 Å². The number of benzene rings is 1. The number of nitrogens with one attached hydrogen (secondary N) is 1. The summed E-state index contributed by atoms with van der Waals surface area (Å²) in [6.45, 7) is 6.18. The van der Waals surface area contributed by atoms with Crippen molar-refractivity contribution in [3.63, 3.8) is 0 Å². The molecule has 0 bridgehead atoms. The van der Waals surface area contributed by atoms with E-state index in [0.717, 1.165) is 25.1 Å². The first-order valence-corrected chi connectivity index (χ1v) is 6.32. The Bertz CT molecular complexity index is 388. The first-order chi connectivity index (χ1) is 8.21. The van der Waals surface area contributed by atoms with Gasteiger partial charge in [0.25, 0.3) is 0 Å². The van der Waals surface area contributed by atoms with Gasteiger partial charge in [-0.2, -0.15) is 0 Å². The van der Waals surface area contributed by atoms with E-state index in [-0.39, 0.29) is 0 Å². The molecule has 0 fully saturated rings. The van der Waals surface area contributed by atoms with Gasteiger partial charge in [0.05, 0.1) is 12.1 Å². The van der Waals surface area contributed by atoms with Gasteiger partial charge in [-0.25, -0.2) is 0 Å². The van der Waals surface area contributed by atoms with Crippen LogP contribution in [0, 0.1) is 0 Å². The molecule has 2 nitrogen and oxygen atoms in total. The van der Waals surface area contributed by atoms with Gasteiger partial charge in [0.2, 0.25) is 0 Å². The molecular weight excluding hydrogens is 234 g/mol.